The fourth-order valence-electron chi connectivity index (χ4n) is 2.71. The summed E-state index contributed by atoms with van der Waals surface area (Å²) in [4.78, 5) is 27.2. The highest BCUT2D eigenvalue weighted by molar-refractivity contribution is 7.91. The molecule has 112 valence electrons. The Morgan fingerprint density at radius 3 is 2.71 bits per heavy atom. The normalized spacial score (nSPS) is 24.9. The van der Waals surface area contributed by atoms with Crippen molar-refractivity contribution in [1.29, 1.82) is 0 Å². The van der Waals surface area contributed by atoms with Crippen LogP contribution >= 0.6 is 11.6 Å². The van der Waals surface area contributed by atoms with E-state index < -0.39 is 27.8 Å². The van der Waals surface area contributed by atoms with Crippen molar-refractivity contribution < 1.29 is 18.0 Å². The zero-order chi connectivity index (χ0) is 15.2. The molecule has 2 aliphatic rings. The van der Waals surface area contributed by atoms with Crippen molar-refractivity contribution in [1.82, 2.24) is 4.90 Å². The highest BCUT2D eigenvalue weighted by Crippen LogP contribution is 2.28. The smallest absolute Gasteiger partial charge is 0.318 e. The van der Waals surface area contributed by atoms with Crippen molar-refractivity contribution in [3.63, 3.8) is 0 Å². The first-order valence-electron chi connectivity index (χ1n) is 6.47. The van der Waals surface area contributed by atoms with Crippen molar-refractivity contribution in [3.05, 3.63) is 29.3 Å². The summed E-state index contributed by atoms with van der Waals surface area (Å²) in [5.41, 5.74) is 0.407. The summed E-state index contributed by atoms with van der Waals surface area (Å²) in [5.74, 6) is -0.610. The molecule has 6 nitrogen and oxygen atoms in total. The fraction of sp³-hybridized carbons (Fsp3) is 0.385. The Balaban J connectivity index is 1.93. The van der Waals surface area contributed by atoms with Gasteiger partial charge in [0, 0.05) is 18.0 Å². The van der Waals surface area contributed by atoms with E-state index >= 15 is 0 Å². The van der Waals surface area contributed by atoms with Crippen LogP contribution in [0.1, 0.15) is 6.42 Å². The molecule has 0 saturated carbocycles. The molecule has 0 bridgehead atoms. The van der Waals surface area contributed by atoms with Gasteiger partial charge in [-0.05, 0) is 18.2 Å². The van der Waals surface area contributed by atoms with E-state index in [0.717, 1.165) is 4.90 Å². The molecular formula is C13H13ClN2O4S. The number of nitrogens with zero attached hydrogens (tertiary/aromatic N) is 2. The average molecular weight is 329 g/mol. The van der Waals surface area contributed by atoms with Gasteiger partial charge in [-0.3, -0.25) is 4.79 Å². The lowest BCUT2D eigenvalue weighted by molar-refractivity contribution is -0.120. The van der Waals surface area contributed by atoms with Crippen molar-refractivity contribution >= 4 is 39.1 Å². The summed E-state index contributed by atoms with van der Waals surface area (Å²) < 4.78 is 23.3. The van der Waals surface area contributed by atoms with Gasteiger partial charge in [-0.2, -0.15) is 0 Å². The molecule has 1 atom stereocenters. The number of amides is 3. The van der Waals surface area contributed by atoms with Crippen LogP contribution in [0, 0.1) is 0 Å². The topological polar surface area (TPSA) is 74.8 Å². The van der Waals surface area contributed by atoms with Gasteiger partial charge in [0.1, 0.15) is 0 Å². The Morgan fingerprint density at radius 2 is 2.00 bits per heavy atom. The van der Waals surface area contributed by atoms with E-state index in [1.54, 1.807) is 24.3 Å². The number of carbonyl (C=O) groups is 2. The van der Waals surface area contributed by atoms with E-state index in [1.807, 2.05) is 0 Å². The second kappa shape index (κ2) is 4.99. The van der Waals surface area contributed by atoms with Gasteiger partial charge in [0.2, 0.25) is 5.91 Å². The maximum atomic E-state index is 12.5. The predicted molar refractivity (Wildman–Crippen MR) is 78.1 cm³/mol. The molecule has 21 heavy (non-hydrogen) atoms. The van der Waals surface area contributed by atoms with E-state index in [0.29, 0.717) is 10.7 Å². The van der Waals surface area contributed by atoms with Gasteiger partial charge in [0.05, 0.1) is 23.2 Å². The SMILES string of the molecule is O=C1CC2CS(=O)(=O)CCN2C(=O)N1c1cccc(Cl)c1. The summed E-state index contributed by atoms with van der Waals surface area (Å²) in [7, 11) is -3.17. The van der Waals surface area contributed by atoms with Gasteiger partial charge in [-0.1, -0.05) is 17.7 Å². The number of carbonyl (C=O) groups excluding carboxylic acids is 2. The quantitative estimate of drug-likeness (QED) is 0.778. The Labute approximate surface area is 127 Å². The summed E-state index contributed by atoms with van der Waals surface area (Å²) in [6.45, 7) is 0.121. The van der Waals surface area contributed by atoms with Crippen LogP contribution in [0.3, 0.4) is 0 Å². The molecule has 1 unspecified atom stereocenters. The lowest BCUT2D eigenvalue weighted by Gasteiger charge is -2.42. The number of imide groups is 1. The Kier molecular flexibility index (Phi) is 3.41. The average Bonchev–Trinajstić information content (AvgIpc) is 2.37. The Morgan fingerprint density at radius 1 is 1.24 bits per heavy atom. The second-order valence-electron chi connectivity index (χ2n) is 5.16. The van der Waals surface area contributed by atoms with Crippen LogP contribution in [0.5, 0.6) is 0 Å². The third-order valence-electron chi connectivity index (χ3n) is 3.69. The van der Waals surface area contributed by atoms with Crippen LogP contribution in [-0.2, 0) is 14.6 Å². The standard InChI is InChI=1S/C13H13ClN2O4S/c14-9-2-1-3-10(6-9)16-12(17)7-11-8-21(19,20)5-4-15(11)13(16)18/h1-3,6,11H,4-5,7-8H2. The second-order valence-corrected chi connectivity index (χ2v) is 7.82. The van der Waals surface area contributed by atoms with E-state index in [1.165, 1.54) is 4.90 Å². The van der Waals surface area contributed by atoms with Crippen molar-refractivity contribution in [2.24, 2.45) is 0 Å². The van der Waals surface area contributed by atoms with Gasteiger partial charge in [0.25, 0.3) is 0 Å². The molecule has 1 aromatic carbocycles. The number of urea groups is 1. The monoisotopic (exact) mass is 328 g/mol. The summed E-state index contributed by atoms with van der Waals surface area (Å²) in [5, 5.41) is 0.427. The molecule has 0 aromatic heterocycles. The molecule has 2 heterocycles. The molecule has 2 fully saturated rings. The lowest BCUT2D eigenvalue weighted by Crippen LogP contribution is -2.62. The molecule has 3 amide bonds. The van der Waals surface area contributed by atoms with E-state index in [-0.39, 0.29) is 24.5 Å². The van der Waals surface area contributed by atoms with Crippen LogP contribution in [0.4, 0.5) is 10.5 Å². The maximum Gasteiger partial charge on any atom is 0.331 e. The van der Waals surface area contributed by atoms with Crippen LogP contribution in [0.25, 0.3) is 0 Å². The number of anilines is 1. The molecule has 0 N–H and O–H groups in total. The highest BCUT2D eigenvalue weighted by Gasteiger charge is 2.44. The first-order chi connectivity index (χ1) is 9.87. The first-order valence-corrected chi connectivity index (χ1v) is 8.67. The summed E-state index contributed by atoms with van der Waals surface area (Å²) in [6, 6.07) is 5.44. The van der Waals surface area contributed by atoms with Crippen molar-refractivity contribution in [2.45, 2.75) is 12.5 Å². The Hall–Kier alpha value is -1.60. The minimum Gasteiger partial charge on any atom is -0.318 e. The number of sulfone groups is 1. The minimum absolute atomic E-state index is 0.0114. The van der Waals surface area contributed by atoms with E-state index in [4.69, 9.17) is 11.6 Å². The van der Waals surface area contributed by atoms with Gasteiger partial charge in [-0.25, -0.2) is 18.1 Å². The van der Waals surface area contributed by atoms with Gasteiger partial charge in [0.15, 0.2) is 9.84 Å². The number of hydrogen-bond acceptors (Lipinski definition) is 4. The third kappa shape index (κ3) is 2.63. The molecule has 2 saturated heterocycles. The molecule has 0 aliphatic carbocycles. The largest absolute Gasteiger partial charge is 0.331 e. The van der Waals surface area contributed by atoms with Crippen LogP contribution in [0.2, 0.25) is 5.02 Å². The van der Waals surface area contributed by atoms with Crippen LogP contribution in [-0.4, -0.2) is 49.3 Å². The number of benzene rings is 1. The molecule has 1 aromatic rings. The summed E-state index contributed by atoms with van der Waals surface area (Å²) in [6.07, 6.45) is 0.0114. The van der Waals surface area contributed by atoms with Gasteiger partial charge < -0.3 is 4.90 Å². The molecule has 0 spiro atoms. The fourth-order valence-corrected chi connectivity index (χ4v) is 4.42. The highest BCUT2D eigenvalue weighted by atomic mass is 35.5. The molecule has 2 aliphatic heterocycles. The van der Waals surface area contributed by atoms with E-state index in [9.17, 15) is 18.0 Å². The molecular weight excluding hydrogens is 316 g/mol. The number of hydrogen-bond donors (Lipinski definition) is 0. The number of halogens is 1. The van der Waals surface area contributed by atoms with E-state index in [2.05, 4.69) is 0 Å². The van der Waals surface area contributed by atoms with Crippen LogP contribution < -0.4 is 4.90 Å². The van der Waals surface area contributed by atoms with Gasteiger partial charge >= 0.3 is 6.03 Å². The maximum absolute atomic E-state index is 12.5. The zero-order valence-corrected chi connectivity index (χ0v) is 12.6. The lowest BCUT2D eigenvalue weighted by atomic mass is 10.1. The summed E-state index contributed by atoms with van der Waals surface area (Å²) >= 11 is 5.89. The zero-order valence-electron chi connectivity index (χ0n) is 11.0. The first kappa shape index (κ1) is 14.3. The Bertz CT molecular complexity index is 719. The van der Waals surface area contributed by atoms with Crippen molar-refractivity contribution in [3.8, 4) is 0 Å². The number of fused-ring (bicyclic) bond motifs is 1. The van der Waals surface area contributed by atoms with Gasteiger partial charge in [-0.15, -0.1) is 0 Å². The molecule has 0 radical (unpaired) electrons. The molecule has 3 rings (SSSR count). The third-order valence-corrected chi connectivity index (χ3v) is 5.63. The van der Waals surface area contributed by atoms with Crippen LogP contribution in [0.15, 0.2) is 24.3 Å². The molecule has 8 heteroatoms. The predicted octanol–water partition coefficient (Wildman–Crippen LogP) is 1.30. The minimum atomic E-state index is -3.17. The number of rotatable bonds is 1. The van der Waals surface area contributed by atoms with Crippen molar-refractivity contribution in [2.75, 3.05) is 23.0 Å².